The van der Waals surface area contributed by atoms with E-state index >= 15 is 0 Å². The summed E-state index contributed by atoms with van der Waals surface area (Å²) < 4.78 is 38.2. The number of carboxylic acids is 1. The Labute approximate surface area is 112 Å². The van der Waals surface area contributed by atoms with Crippen LogP contribution < -0.4 is 0 Å². The van der Waals surface area contributed by atoms with Gasteiger partial charge in [0, 0.05) is 18.5 Å². The molecule has 0 amide bonds. The van der Waals surface area contributed by atoms with Gasteiger partial charge < -0.3 is 5.11 Å². The normalized spacial score (nSPS) is 21.5. The second-order valence-electron chi connectivity index (χ2n) is 4.72. The van der Waals surface area contributed by atoms with Crippen LogP contribution in [-0.2, 0) is 17.5 Å². The standard InChI is InChI=1S/C12H14F3NO2S/c13-12(14,15)10-7-19-6-9(10)5-16-3-1-2-8(4-16)11(17)18/h6-8H,1-5H2,(H,17,18). The van der Waals surface area contributed by atoms with Crippen LogP contribution in [0.2, 0.25) is 0 Å². The van der Waals surface area contributed by atoms with E-state index in [9.17, 15) is 18.0 Å². The molecule has 106 valence electrons. The molecule has 1 unspecified atom stereocenters. The van der Waals surface area contributed by atoms with E-state index in [-0.39, 0.29) is 12.1 Å². The van der Waals surface area contributed by atoms with Crippen LogP contribution in [-0.4, -0.2) is 29.1 Å². The van der Waals surface area contributed by atoms with Gasteiger partial charge in [-0.25, -0.2) is 0 Å². The molecule has 0 aromatic carbocycles. The fourth-order valence-corrected chi connectivity index (χ4v) is 3.19. The second kappa shape index (κ2) is 5.50. The predicted molar refractivity (Wildman–Crippen MR) is 65.0 cm³/mol. The van der Waals surface area contributed by atoms with Crippen molar-refractivity contribution in [2.75, 3.05) is 13.1 Å². The van der Waals surface area contributed by atoms with Crippen LogP contribution in [0.3, 0.4) is 0 Å². The molecule has 1 aromatic rings. The SMILES string of the molecule is O=C(O)C1CCCN(Cc2cscc2C(F)(F)F)C1. The highest BCUT2D eigenvalue weighted by Crippen LogP contribution is 2.35. The van der Waals surface area contributed by atoms with Crippen molar-refractivity contribution in [1.82, 2.24) is 4.90 Å². The van der Waals surface area contributed by atoms with Gasteiger partial charge in [0.15, 0.2) is 0 Å². The number of nitrogens with zero attached hydrogens (tertiary/aromatic N) is 1. The van der Waals surface area contributed by atoms with Crippen LogP contribution in [0.25, 0.3) is 0 Å². The van der Waals surface area contributed by atoms with Gasteiger partial charge >= 0.3 is 12.1 Å². The summed E-state index contributed by atoms with van der Waals surface area (Å²) in [6, 6.07) is 0. The van der Waals surface area contributed by atoms with Crippen LogP contribution in [0, 0.1) is 5.92 Å². The van der Waals surface area contributed by atoms with Gasteiger partial charge in [0.1, 0.15) is 0 Å². The smallest absolute Gasteiger partial charge is 0.417 e. The van der Waals surface area contributed by atoms with Gasteiger partial charge in [0.25, 0.3) is 0 Å². The zero-order valence-electron chi connectivity index (χ0n) is 10.1. The first-order chi connectivity index (χ1) is 8.88. The molecule has 1 fully saturated rings. The largest absolute Gasteiger partial charge is 0.481 e. The molecule has 0 spiro atoms. The average Bonchev–Trinajstić information content (AvgIpc) is 2.77. The van der Waals surface area contributed by atoms with E-state index in [1.807, 2.05) is 0 Å². The molecular formula is C12H14F3NO2S. The van der Waals surface area contributed by atoms with E-state index < -0.39 is 23.6 Å². The van der Waals surface area contributed by atoms with E-state index in [0.29, 0.717) is 25.9 Å². The minimum Gasteiger partial charge on any atom is -0.481 e. The van der Waals surface area contributed by atoms with Gasteiger partial charge in [-0.1, -0.05) is 0 Å². The lowest BCUT2D eigenvalue weighted by molar-refractivity contribution is -0.144. The number of thiophene rings is 1. The Morgan fingerprint density at radius 1 is 1.47 bits per heavy atom. The number of likely N-dealkylation sites (tertiary alicyclic amines) is 1. The molecule has 1 saturated heterocycles. The molecule has 0 radical (unpaired) electrons. The van der Waals surface area contributed by atoms with E-state index in [0.717, 1.165) is 16.7 Å². The maximum atomic E-state index is 12.7. The second-order valence-corrected chi connectivity index (χ2v) is 5.46. The lowest BCUT2D eigenvalue weighted by Gasteiger charge is -2.30. The first kappa shape index (κ1) is 14.3. The highest BCUT2D eigenvalue weighted by atomic mass is 32.1. The third-order valence-electron chi connectivity index (χ3n) is 3.30. The Kier molecular flexibility index (Phi) is 4.15. The zero-order valence-corrected chi connectivity index (χ0v) is 10.9. The third-order valence-corrected chi connectivity index (χ3v) is 4.09. The summed E-state index contributed by atoms with van der Waals surface area (Å²) in [5.41, 5.74) is -0.363. The quantitative estimate of drug-likeness (QED) is 0.931. The van der Waals surface area contributed by atoms with Crippen molar-refractivity contribution in [1.29, 1.82) is 0 Å². The van der Waals surface area contributed by atoms with Crippen LogP contribution in [0.1, 0.15) is 24.0 Å². The van der Waals surface area contributed by atoms with E-state index in [1.165, 1.54) is 5.38 Å². The number of carbonyl (C=O) groups is 1. The lowest BCUT2D eigenvalue weighted by atomic mass is 9.98. The van der Waals surface area contributed by atoms with E-state index in [2.05, 4.69) is 0 Å². The summed E-state index contributed by atoms with van der Waals surface area (Å²) in [4.78, 5) is 12.7. The van der Waals surface area contributed by atoms with E-state index in [4.69, 9.17) is 5.11 Å². The number of alkyl halides is 3. The first-order valence-electron chi connectivity index (χ1n) is 5.95. The Morgan fingerprint density at radius 2 is 2.21 bits per heavy atom. The van der Waals surface area contributed by atoms with Gasteiger partial charge in [-0.05, 0) is 30.3 Å². The molecule has 0 saturated carbocycles. The summed E-state index contributed by atoms with van der Waals surface area (Å²) in [6.07, 6.45) is -3.03. The highest BCUT2D eigenvalue weighted by molar-refractivity contribution is 7.08. The van der Waals surface area contributed by atoms with Gasteiger partial charge in [0.2, 0.25) is 0 Å². The molecule has 3 nitrogen and oxygen atoms in total. The number of hydrogen-bond acceptors (Lipinski definition) is 3. The third kappa shape index (κ3) is 3.48. The van der Waals surface area contributed by atoms with Crippen molar-refractivity contribution in [3.63, 3.8) is 0 Å². The molecule has 1 aliphatic heterocycles. The summed E-state index contributed by atoms with van der Waals surface area (Å²) >= 11 is 1.03. The van der Waals surface area contributed by atoms with Crippen LogP contribution in [0.15, 0.2) is 10.8 Å². The number of aliphatic carboxylic acids is 1. The molecule has 7 heteroatoms. The molecule has 2 rings (SSSR count). The molecule has 2 heterocycles. The molecule has 0 aliphatic carbocycles. The van der Waals surface area contributed by atoms with Crippen molar-refractivity contribution in [3.8, 4) is 0 Å². The number of halogens is 3. The lowest BCUT2D eigenvalue weighted by Crippen LogP contribution is -2.38. The predicted octanol–water partition coefficient (Wildman–Crippen LogP) is 3.06. The molecule has 1 aliphatic rings. The van der Waals surface area contributed by atoms with Crippen molar-refractivity contribution >= 4 is 17.3 Å². The van der Waals surface area contributed by atoms with Crippen molar-refractivity contribution < 1.29 is 23.1 Å². The number of piperidine rings is 1. The Morgan fingerprint density at radius 3 is 2.84 bits per heavy atom. The Hall–Kier alpha value is -1.08. The molecular weight excluding hydrogens is 279 g/mol. The average molecular weight is 293 g/mol. The maximum Gasteiger partial charge on any atom is 0.417 e. The number of rotatable bonds is 3. The van der Waals surface area contributed by atoms with Crippen molar-refractivity contribution in [3.05, 3.63) is 21.9 Å². The summed E-state index contributed by atoms with van der Waals surface area (Å²) in [5, 5.41) is 11.6. The number of hydrogen-bond donors (Lipinski definition) is 1. The van der Waals surface area contributed by atoms with Crippen LogP contribution in [0.4, 0.5) is 13.2 Å². The van der Waals surface area contributed by atoms with Gasteiger partial charge in [-0.3, -0.25) is 9.69 Å². The Balaban J connectivity index is 2.05. The maximum absolute atomic E-state index is 12.7. The number of carboxylic acid groups (broad SMARTS) is 1. The topological polar surface area (TPSA) is 40.5 Å². The van der Waals surface area contributed by atoms with Crippen molar-refractivity contribution in [2.45, 2.75) is 25.6 Å². The van der Waals surface area contributed by atoms with Crippen LogP contribution in [0.5, 0.6) is 0 Å². The minimum absolute atomic E-state index is 0.169. The summed E-state index contributed by atoms with van der Waals surface area (Å²) in [7, 11) is 0. The highest BCUT2D eigenvalue weighted by Gasteiger charge is 2.35. The monoisotopic (exact) mass is 293 g/mol. The molecule has 19 heavy (non-hydrogen) atoms. The van der Waals surface area contributed by atoms with Crippen LogP contribution >= 0.6 is 11.3 Å². The van der Waals surface area contributed by atoms with Crippen molar-refractivity contribution in [2.24, 2.45) is 5.92 Å². The Bertz CT molecular complexity index is 458. The minimum atomic E-state index is -4.34. The van der Waals surface area contributed by atoms with E-state index in [1.54, 1.807) is 4.90 Å². The fourth-order valence-electron chi connectivity index (χ4n) is 2.34. The molecule has 1 atom stereocenters. The van der Waals surface area contributed by atoms with Gasteiger partial charge in [0.05, 0.1) is 11.5 Å². The van der Waals surface area contributed by atoms with Gasteiger partial charge in [-0.2, -0.15) is 24.5 Å². The first-order valence-corrected chi connectivity index (χ1v) is 6.89. The van der Waals surface area contributed by atoms with Gasteiger partial charge in [-0.15, -0.1) is 0 Å². The fraction of sp³-hybridized carbons (Fsp3) is 0.583. The summed E-state index contributed by atoms with van der Waals surface area (Å²) in [6.45, 7) is 1.14. The summed E-state index contributed by atoms with van der Waals surface area (Å²) in [5.74, 6) is -1.34. The zero-order chi connectivity index (χ0) is 14.0. The molecule has 1 aromatic heterocycles. The molecule has 1 N–H and O–H groups in total. The molecule has 0 bridgehead atoms.